The number of hydrogen-bond acceptors (Lipinski definition) is 4. The molecule has 0 fully saturated rings. The summed E-state index contributed by atoms with van der Waals surface area (Å²) in [7, 11) is 0. The third kappa shape index (κ3) is 4.78. The van der Waals surface area contributed by atoms with Gasteiger partial charge < -0.3 is 10.1 Å². The first-order chi connectivity index (χ1) is 11.1. The molecule has 2 rings (SSSR count). The van der Waals surface area contributed by atoms with Gasteiger partial charge in [-0.1, -0.05) is 42.5 Å². The highest BCUT2D eigenvalue weighted by molar-refractivity contribution is 5.92. The van der Waals surface area contributed by atoms with Crippen molar-refractivity contribution in [3.8, 4) is 0 Å². The number of aldehydes is 1. The van der Waals surface area contributed by atoms with Gasteiger partial charge in [0.15, 0.2) is 6.10 Å². The zero-order chi connectivity index (χ0) is 16.7. The Morgan fingerprint density at radius 3 is 2.35 bits per heavy atom. The number of carbonyl (C=O) groups excluding carboxylic acids is 3. The van der Waals surface area contributed by atoms with Crippen LogP contribution < -0.4 is 5.32 Å². The number of ether oxygens (including phenoxy) is 1. The highest BCUT2D eigenvalue weighted by Gasteiger charge is 2.18. The molecule has 2 aromatic rings. The van der Waals surface area contributed by atoms with Crippen molar-refractivity contribution in [1.29, 1.82) is 0 Å². The van der Waals surface area contributed by atoms with Crippen LogP contribution in [-0.4, -0.2) is 24.3 Å². The molecule has 0 spiro atoms. The molecule has 0 aliphatic rings. The summed E-state index contributed by atoms with van der Waals surface area (Å²) in [5.41, 5.74) is 1.72. The van der Waals surface area contributed by atoms with Gasteiger partial charge in [0.25, 0.3) is 5.91 Å². The van der Waals surface area contributed by atoms with Crippen molar-refractivity contribution >= 4 is 18.2 Å². The van der Waals surface area contributed by atoms with Gasteiger partial charge in [-0.25, -0.2) is 4.79 Å². The van der Waals surface area contributed by atoms with Crippen LogP contribution in [0.4, 0.5) is 0 Å². The normalized spacial score (nSPS) is 11.3. The van der Waals surface area contributed by atoms with Crippen molar-refractivity contribution in [2.45, 2.75) is 19.6 Å². The standard InChI is InChI=1S/C18H17NO4/c1-13(17(21)19-11-14-5-3-2-4-6-14)23-18(22)16-9-7-15(12-20)8-10-16/h2-10,12-13H,11H2,1H3,(H,19,21)/t13-/m0/s1. The van der Waals surface area contributed by atoms with Crippen molar-refractivity contribution in [1.82, 2.24) is 5.32 Å². The molecular weight excluding hydrogens is 294 g/mol. The van der Waals surface area contributed by atoms with E-state index in [-0.39, 0.29) is 5.91 Å². The molecule has 0 unspecified atom stereocenters. The number of hydrogen-bond donors (Lipinski definition) is 1. The number of nitrogens with one attached hydrogen (secondary N) is 1. The third-order valence-electron chi connectivity index (χ3n) is 3.25. The Morgan fingerprint density at radius 2 is 1.74 bits per heavy atom. The van der Waals surface area contributed by atoms with E-state index in [0.717, 1.165) is 5.56 Å². The smallest absolute Gasteiger partial charge is 0.338 e. The molecule has 0 aromatic heterocycles. The Hall–Kier alpha value is -2.95. The molecule has 5 nitrogen and oxygen atoms in total. The second-order valence-corrected chi connectivity index (χ2v) is 4.99. The fourth-order valence-electron chi connectivity index (χ4n) is 1.91. The first kappa shape index (κ1) is 16.4. The van der Waals surface area contributed by atoms with Crippen LogP contribution in [-0.2, 0) is 16.1 Å². The van der Waals surface area contributed by atoms with Crippen LogP contribution in [0.25, 0.3) is 0 Å². The van der Waals surface area contributed by atoms with Gasteiger partial charge in [0.05, 0.1) is 5.56 Å². The quantitative estimate of drug-likeness (QED) is 0.656. The number of amides is 1. The van der Waals surface area contributed by atoms with Crippen LogP contribution in [0.2, 0.25) is 0 Å². The van der Waals surface area contributed by atoms with E-state index in [1.54, 1.807) is 0 Å². The first-order valence-electron chi connectivity index (χ1n) is 7.18. The lowest BCUT2D eigenvalue weighted by Gasteiger charge is -2.13. The van der Waals surface area contributed by atoms with E-state index < -0.39 is 12.1 Å². The zero-order valence-corrected chi connectivity index (χ0v) is 12.7. The van der Waals surface area contributed by atoms with E-state index in [1.807, 2.05) is 30.3 Å². The molecule has 2 aromatic carbocycles. The van der Waals surface area contributed by atoms with Gasteiger partial charge in [-0.05, 0) is 24.6 Å². The molecule has 0 aliphatic heterocycles. The Kier molecular flexibility index (Phi) is 5.63. The molecule has 23 heavy (non-hydrogen) atoms. The average molecular weight is 311 g/mol. The highest BCUT2D eigenvalue weighted by Crippen LogP contribution is 2.07. The number of carbonyl (C=O) groups is 3. The van der Waals surface area contributed by atoms with Crippen LogP contribution in [0, 0.1) is 0 Å². The van der Waals surface area contributed by atoms with Crippen molar-refractivity contribution in [3.63, 3.8) is 0 Å². The SMILES string of the molecule is C[C@H](OC(=O)c1ccc(C=O)cc1)C(=O)NCc1ccccc1. The van der Waals surface area contributed by atoms with Crippen molar-refractivity contribution < 1.29 is 19.1 Å². The van der Waals surface area contributed by atoms with Crippen molar-refractivity contribution in [2.75, 3.05) is 0 Å². The molecule has 0 radical (unpaired) electrons. The van der Waals surface area contributed by atoms with Gasteiger partial charge in [-0.3, -0.25) is 9.59 Å². The molecule has 5 heteroatoms. The van der Waals surface area contributed by atoms with E-state index >= 15 is 0 Å². The lowest BCUT2D eigenvalue weighted by Crippen LogP contribution is -2.35. The van der Waals surface area contributed by atoms with Gasteiger partial charge >= 0.3 is 5.97 Å². The van der Waals surface area contributed by atoms with E-state index in [9.17, 15) is 14.4 Å². The fraction of sp³-hybridized carbons (Fsp3) is 0.167. The van der Waals surface area contributed by atoms with Crippen LogP contribution in [0.1, 0.15) is 33.2 Å². The molecule has 0 bridgehead atoms. The number of esters is 1. The summed E-state index contributed by atoms with van der Waals surface area (Å²) in [6.07, 6.45) is -0.216. The minimum absolute atomic E-state index is 0.290. The van der Waals surface area contributed by atoms with Gasteiger partial charge in [0, 0.05) is 12.1 Å². The topological polar surface area (TPSA) is 72.5 Å². The highest BCUT2D eigenvalue weighted by atomic mass is 16.5. The van der Waals surface area contributed by atoms with Crippen LogP contribution in [0.15, 0.2) is 54.6 Å². The summed E-state index contributed by atoms with van der Waals surface area (Å²) in [6, 6.07) is 15.5. The van der Waals surface area contributed by atoms with Crippen LogP contribution in [0.3, 0.4) is 0 Å². The molecule has 1 atom stereocenters. The van der Waals surface area contributed by atoms with E-state index in [0.29, 0.717) is 24.0 Å². The molecule has 0 aliphatic carbocycles. The van der Waals surface area contributed by atoms with E-state index in [4.69, 9.17) is 4.74 Å². The lowest BCUT2D eigenvalue weighted by atomic mass is 10.1. The Labute approximate surface area is 134 Å². The Morgan fingerprint density at radius 1 is 1.09 bits per heavy atom. The maximum atomic E-state index is 11.9. The predicted molar refractivity (Wildman–Crippen MR) is 85.0 cm³/mol. The molecule has 0 saturated carbocycles. The summed E-state index contributed by atoms with van der Waals surface area (Å²) in [4.78, 5) is 34.5. The van der Waals surface area contributed by atoms with Crippen LogP contribution in [0.5, 0.6) is 0 Å². The van der Waals surface area contributed by atoms with Gasteiger partial charge in [0.1, 0.15) is 6.29 Å². The second kappa shape index (κ2) is 7.89. The number of rotatable bonds is 6. The average Bonchev–Trinajstić information content (AvgIpc) is 2.60. The molecule has 1 amide bonds. The largest absolute Gasteiger partial charge is 0.449 e. The van der Waals surface area contributed by atoms with E-state index in [1.165, 1.54) is 31.2 Å². The fourth-order valence-corrected chi connectivity index (χ4v) is 1.91. The zero-order valence-electron chi connectivity index (χ0n) is 12.7. The summed E-state index contributed by atoms with van der Waals surface area (Å²) in [6.45, 7) is 1.88. The number of benzene rings is 2. The Bertz CT molecular complexity index is 680. The summed E-state index contributed by atoms with van der Waals surface area (Å²) >= 11 is 0. The van der Waals surface area contributed by atoms with Gasteiger partial charge in [0.2, 0.25) is 0 Å². The van der Waals surface area contributed by atoms with Crippen molar-refractivity contribution in [3.05, 3.63) is 71.3 Å². The maximum absolute atomic E-state index is 11.9. The molecule has 118 valence electrons. The molecule has 0 saturated heterocycles. The van der Waals surface area contributed by atoms with Gasteiger partial charge in [-0.15, -0.1) is 0 Å². The minimum atomic E-state index is -0.906. The summed E-state index contributed by atoms with van der Waals surface area (Å²) < 4.78 is 5.12. The van der Waals surface area contributed by atoms with Crippen molar-refractivity contribution in [2.24, 2.45) is 0 Å². The monoisotopic (exact) mass is 311 g/mol. The van der Waals surface area contributed by atoms with Gasteiger partial charge in [-0.2, -0.15) is 0 Å². The Balaban J connectivity index is 1.86. The predicted octanol–water partition coefficient (Wildman–Crippen LogP) is 2.36. The lowest BCUT2D eigenvalue weighted by molar-refractivity contribution is -0.129. The van der Waals surface area contributed by atoms with Crippen LogP contribution >= 0.6 is 0 Å². The molecule has 0 heterocycles. The summed E-state index contributed by atoms with van der Waals surface area (Å²) in [5, 5.41) is 2.71. The van der Waals surface area contributed by atoms with E-state index in [2.05, 4.69) is 5.32 Å². The third-order valence-corrected chi connectivity index (χ3v) is 3.25. The second-order valence-electron chi connectivity index (χ2n) is 4.99. The first-order valence-corrected chi connectivity index (χ1v) is 7.18. The molecular formula is C18H17NO4. The summed E-state index contributed by atoms with van der Waals surface area (Å²) in [5.74, 6) is -0.975. The minimum Gasteiger partial charge on any atom is -0.449 e. The maximum Gasteiger partial charge on any atom is 0.338 e. The molecule has 1 N–H and O–H groups in total.